The van der Waals surface area contributed by atoms with Crippen LogP contribution in [0.2, 0.25) is 0 Å². The number of pyridine rings is 1. The third-order valence-corrected chi connectivity index (χ3v) is 4.81. The lowest BCUT2D eigenvalue weighted by Crippen LogP contribution is -2.27. The van der Waals surface area contributed by atoms with E-state index in [2.05, 4.69) is 17.2 Å². The second kappa shape index (κ2) is 10.3. The van der Waals surface area contributed by atoms with Crippen molar-refractivity contribution in [3.63, 3.8) is 0 Å². The minimum absolute atomic E-state index is 0.111. The lowest BCUT2D eigenvalue weighted by atomic mass is 9.79. The Bertz CT molecular complexity index is 501. The maximum Gasteiger partial charge on any atom is 0.220 e. The van der Waals surface area contributed by atoms with Crippen LogP contribution in [-0.4, -0.2) is 31.2 Å². The number of aromatic nitrogens is 1. The summed E-state index contributed by atoms with van der Waals surface area (Å²) in [7, 11) is 1.64. The third kappa shape index (κ3) is 6.11. The fourth-order valence-electron chi connectivity index (χ4n) is 3.34. The topological polar surface area (TPSA) is 60.5 Å². The Labute approximate surface area is 145 Å². The number of amides is 1. The Balaban J connectivity index is 1.78. The van der Waals surface area contributed by atoms with Crippen molar-refractivity contribution in [2.75, 3.05) is 20.3 Å². The zero-order valence-corrected chi connectivity index (χ0v) is 14.9. The highest BCUT2D eigenvalue weighted by atomic mass is 16.5. The van der Waals surface area contributed by atoms with Crippen molar-refractivity contribution in [3.8, 4) is 5.88 Å². The monoisotopic (exact) mass is 334 g/mol. The molecule has 24 heavy (non-hydrogen) atoms. The molecular formula is C19H30N2O3. The number of carbonyl (C=O) groups is 1. The maximum absolute atomic E-state index is 12.2. The third-order valence-electron chi connectivity index (χ3n) is 4.81. The van der Waals surface area contributed by atoms with Crippen LogP contribution >= 0.6 is 0 Å². The van der Waals surface area contributed by atoms with Gasteiger partial charge in [0.15, 0.2) is 0 Å². The Morgan fingerprint density at radius 2 is 2.12 bits per heavy atom. The molecule has 1 unspecified atom stereocenters. The molecular weight excluding hydrogens is 304 g/mol. The fourth-order valence-corrected chi connectivity index (χ4v) is 3.34. The van der Waals surface area contributed by atoms with Gasteiger partial charge in [0.25, 0.3) is 0 Å². The quantitative estimate of drug-likeness (QED) is 0.704. The zero-order valence-electron chi connectivity index (χ0n) is 14.9. The zero-order chi connectivity index (χ0) is 17.2. The molecule has 0 spiro atoms. The van der Waals surface area contributed by atoms with Crippen LogP contribution < -0.4 is 10.1 Å². The van der Waals surface area contributed by atoms with Gasteiger partial charge in [-0.25, -0.2) is 4.98 Å². The molecule has 1 atom stereocenters. The van der Waals surface area contributed by atoms with Gasteiger partial charge in [-0.2, -0.15) is 0 Å². The molecule has 1 aliphatic rings. The second-order valence-corrected chi connectivity index (χ2v) is 6.67. The number of rotatable bonds is 9. The van der Waals surface area contributed by atoms with Gasteiger partial charge in [0.2, 0.25) is 11.8 Å². The van der Waals surface area contributed by atoms with Gasteiger partial charge in [0.1, 0.15) is 6.61 Å². The summed E-state index contributed by atoms with van der Waals surface area (Å²) in [4.78, 5) is 16.5. The van der Waals surface area contributed by atoms with Crippen LogP contribution in [0.25, 0.3) is 0 Å². The van der Waals surface area contributed by atoms with E-state index in [1.54, 1.807) is 13.3 Å². The number of hydrogen-bond donors (Lipinski definition) is 1. The van der Waals surface area contributed by atoms with Gasteiger partial charge in [-0.15, -0.1) is 0 Å². The lowest BCUT2D eigenvalue weighted by Gasteiger charge is -2.27. The number of methoxy groups -OCH3 is 1. The molecule has 0 bridgehead atoms. The summed E-state index contributed by atoms with van der Waals surface area (Å²) < 4.78 is 10.6. The first-order valence-electron chi connectivity index (χ1n) is 9.03. The predicted molar refractivity (Wildman–Crippen MR) is 93.8 cm³/mol. The number of hydrogen-bond acceptors (Lipinski definition) is 4. The molecule has 1 saturated carbocycles. The molecule has 134 valence electrons. The number of ether oxygens (including phenoxy) is 2. The maximum atomic E-state index is 12.2. The van der Waals surface area contributed by atoms with E-state index in [0.717, 1.165) is 5.56 Å². The second-order valence-electron chi connectivity index (χ2n) is 6.67. The van der Waals surface area contributed by atoms with Crippen LogP contribution in [0.1, 0.15) is 51.0 Å². The van der Waals surface area contributed by atoms with E-state index in [1.807, 2.05) is 12.1 Å². The van der Waals surface area contributed by atoms with Crippen LogP contribution in [0.15, 0.2) is 18.3 Å². The van der Waals surface area contributed by atoms with Crippen molar-refractivity contribution in [2.45, 2.75) is 52.0 Å². The van der Waals surface area contributed by atoms with E-state index in [1.165, 1.54) is 32.1 Å². The van der Waals surface area contributed by atoms with Gasteiger partial charge < -0.3 is 14.8 Å². The van der Waals surface area contributed by atoms with E-state index >= 15 is 0 Å². The normalized spacial score (nSPS) is 16.6. The van der Waals surface area contributed by atoms with Crippen LogP contribution in [-0.2, 0) is 16.1 Å². The van der Waals surface area contributed by atoms with Gasteiger partial charge in [-0.05, 0) is 17.9 Å². The standard InChI is InChI=1S/C19H30N2O3/c1-15(16-7-4-3-5-8-16)13-18(22)21-14-17-9-6-10-20-19(17)24-12-11-23-2/h6,9-10,15-16H,3-5,7-8,11-14H2,1-2H3,(H,21,22). The van der Waals surface area contributed by atoms with Crippen LogP contribution in [0.3, 0.4) is 0 Å². The molecule has 1 fully saturated rings. The summed E-state index contributed by atoms with van der Waals surface area (Å²) >= 11 is 0. The van der Waals surface area contributed by atoms with Crippen molar-refractivity contribution in [1.29, 1.82) is 0 Å². The first-order valence-corrected chi connectivity index (χ1v) is 9.03. The number of carbonyl (C=O) groups excluding carboxylic acids is 1. The van der Waals surface area contributed by atoms with Crippen molar-refractivity contribution in [1.82, 2.24) is 10.3 Å². The molecule has 1 aromatic heterocycles. The van der Waals surface area contributed by atoms with Gasteiger partial charge in [0, 0.05) is 31.8 Å². The molecule has 1 amide bonds. The van der Waals surface area contributed by atoms with Gasteiger partial charge in [0.05, 0.1) is 6.61 Å². The van der Waals surface area contributed by atoms with Gasteiger partial charge >= 0.3 is 0 Å². The predicted octanol–water partition coefficient (Wildman–Crippen LogP) is 3.33. The largest absolute Gasteiger partial charge is 0.475 e. The van der Waals surface area contributed by atoms with Crippen LogP contribution in [0.5, 0.6) is 5.88 Å². The van der Waals surface area contributed by atoms with E-state index < -0.39 is 0 Å². The molecule has 2 rings (SSSR count). The van der Waals surface area contributed by atoms with Crippen LogP contribution in [0, 0.1) is 11.8 Å². The summed E-state index contributed by atoms with van der Waals surface area (Å²) in [6, 6.07) is 3.79. The minimum atomic E-state index is 0.111. The fraction of sp³-hybridized carbons (Fsp3) is 0.684. The smallest absolute Gasteiger partial charge is 0.220 e. The summed E-state index contributed by atoms with van der Waals surface area (Å²) in [5, 5.41) is 3.01. The molecule has 0 aromatic carbocycles. The first kappa shape index (κ1) is 18.7. The summed E-state index contributed by atoms with van der Waals surface area (Å²) in [6.07, 6.45) is 8.82. The average Bonchev–Trinajstić information content (AvgIpc) is 2.62. The summed E-state index contributed by atoms with van der Waals surface area (Å²) in [5.74, 6) is 1.84. The Kier molecular flexibility index (Phi) is 8.02. The molecule has 1 aromatic rings. The molecule has 1 heterocycles. The van der Waals surface area contributed by atoms with Gasteiger partial charge in [-0.3, -0.25) is 4.79 Å². The molecule has 0 radical (unpaired) electrons. The van der Waals surface area contributed by atoms with Gasteiger partial charge in [-0.1, -0.05) is 45.1 Å². The Hall–Kier alpha value is -1.62. The van der Waals surface area contributed by atoms with Crippen molar-refractivity contribution < 1.29 is 14.3 Å². The van der Waals surface area contributed by atoms with E-state index in [4.69, 9.17) is 9.47 Å². The van der Waals surface area contributed by atoms with Crippen molar-refractivity contribution in [2.24, 2.45) is 11.8 Å². The first-order chi connectivity index (χ1) is 11.7. The number of nitrogens with one attached hydrogen (secondary N) is 1. The van der Waals surface area contributed by atoms with E-state index in [0.29, 0.717) is 43.9 Å². The molecule has 5 heteroatoms. The lowest BCUT2D eigenvalue weighted by molar-refractivity contribution is -0.122. The SMILES string of the molecule is COCCOc1ncccc1CNC(=O)CC(C)C1CCCCC1. The Morgan fingerprint density at radius 1 is 1.33 bits per heavy atom. The summed E-state index contributed by atoms with van der Waals surface area (Å²) in [5.41, 5.74) is 0.896. The van der Waals surface area contributed by atoms with Crippen LogP contribution in [0.4, 0.5) is 0 Å². The summed E-state index contributed by atoms with van der Waals surface area (Å²) in [6.45, 7) is 3.62. The molecule has 5 nitrogen and oxygen atoms in total. The molecule has 0 aliphatic heterocycles. The van der Waals surface area contributed by atoms with Crippen molar-refractivity contribution >= 4 is 5.91 Å². The highest BCUT2D eigenvalue weighted by Gasteiger charge is 2.22. The van der Waals surface area contributed by atoms with Crippen molar-refractivity contribution in [3.05, 3.63) is 23.9 Å². The highest BCUT2D eigenvalue weighted by molar-refractivity contribution is 5.76. The highest BCUT2D eigenvalue weighted by Crippen LogP contribution is 2.31. The average molecular weight is 334 g/mol. The number of nitrogens with zero attached hydrogens (tertiary/aromatic N) is 1. The molecule has 0 saturated heterocycles. The van der Waals surface area contributed by atoms with E-state index in [-0.39, 0.29) is 5.91 Å². The molecule has 1 aliphatic carbocycles. The molecule has 1 N–H and O–H groups in total. The van der Waals surface area contributed by atoms with E-state index in [9.17, 15) is 4.79 Å². The Morgan fingerprint density at radius 3 is 2.88 bits per heavy atom. The minimum Gasteiger partial charge on any atom is -0.475 e.